The lowest BCUT2D eigenvalue weighted by molar-refractivity contribution is -0.156. The van der Waals surface area contributed by atoms with Gasteiger partial charge in [0.25, 0.3) is 0 Å². The Balaban J connectivity index is 3.58. The zero-order valence-corrected chi connectivity index (χ0v) is 16.5. The number of carbonyl (C=O) groups is 4. The second-order valence-electron chi connectivity index (χ2n) is 6.56. The van der Waals surface area contributed by atoms with Crippen molar-refractivity contribution < 1.29 is 42.9 Å². The maximum Gasteiger partial charge on any atom is 0.317 e. The standard InChI is InChI=1S/C18H30O9/c1-13(2)11-26-17(21)9-15(19)24-7-5-23-6-8-25-16(20)10-18(22)27-12-14(3)4/h13-14H,5-12H2,1-4H3. The molecule has 9 heteroatoms. The van der Waals surface area contributed by atoms with Crippen LogP contribution in [0.15, 0.2) is 0 Å². The molecule has 0 aromatic heterocycles. The molecule has 0 aliphatic rings. The van der Waals surface area contributed by atoms with Crippen molar-refractivity contribution in [3.63, 3.8) is 0 Å². The number of hydrogen-bond acceptors (Lipinski definition) is 9. The van der Waals surface area contributed by atoms with Crippen LogP contribution < -0.4 is 0 Å². The average molecular weight is 390 g/mol. The van der Waals surface area contributed by atoms with Crippen molar-refractivity contribution >= 4 is 23.9 Å². The molecule has 27 heavy (non-hydrogen) atoms. The molecular weight excluding hydrogens is 360 g/mol. The fraction of sp³-hybridized carbons (Fsp3) is 0.778. The highest BCUT2D eigenvalue weighted by molar-refractivity contribution is 5.91. The zero-order chi connectivity index (χ0) is 20.7. The van der Waals surface area contributed by atoms with E-state index in [1.54, 1.807) is 0 Å². The first kappa shape index (κ1) is 24.8. The predicted molar refractivity (Wildman–Crippen MR) is 93.6 cm³/mol. The monoisotopic (exact) mass is 390 g/mol. The van der Waals surface area contributed by atoms with E-state index in [9.17, 15) is 19.2 Å². The molecule has 0 rings (SSSR count). The molecule has 0 N–H and O–H groups in total. The highest BCUT2D eigenvalue weighted by Crippen LogP contribution is 1.98. The van der Waals surface area contributed by atoms with Crippen molar-refractivity contribution in [2.75, 3.05) is 39.6 Å². The fourth-order valence-corrected chi connectivity index (χ4v) is 1.49. The SMILES string of the molecule is CC(C)COC(=O)CC(=O)OCCOCCOC(=O)CC(=O)OCC(C)C. The molecule has 0 atom stereocenters. The van der Waals surface area contributed by atoms with Crippen molar-refractivity contribution in [2.45, 2.75) is 40.5 Å². The summed E-state index contributed by atoms with van der Waals surface area (Å²) < 4.78 is 24.5. The van der Waals surface area contributed by atoms with Crippen LogP contribution in [0.3, 0.4) is 0 Å². The molecule has 0 saturated heterocycles. The lowest BCUT2D eigenvalue weighted by Gasteiger charge is -2.09. The highest BCUT2D eigenvalue weighted by Gasteiger charge is 2.13. The second kappa shape index (κ2) is 15.0. The zero-order valence-electron chi connectivity index (χ0n) is 16.5. The minimum atomic E-state index is -0.696. The van der Waals surface area contributed by atoms with Gasteiger partial charge < -0.3 is 23.7 Å². The van der Waals surface area contributed by atoms with Crippen molar-refractivity contribution in [3.05, 3.63) is 0 Å². The Morgan fingerprint density at radius 1 is 0.556 bits per heavy atom. The minimum Gasteiger partial charge on any atom is -0.465 e. The van der Waals surface area contributed by atoms with Gasteiger partial charge in [-0.05, 0) is 11.8 Å². The van der Waals surface area contributed by atoms with Crippen molar-refractivity contribution in [1.82, 2.24) is 0 Å². The predicted octanol–water partition coefficient (Wildman–Crippen LogP) is 1.27. The first-order valence-electron chi connectivity index (χ1n) is 8.91. The summed E-state index contributed by atoms with van der Waals surface area (Å²) in [6, 6.07) is 0. The van der Waals surface area contributed by atoms with Crippen LogP contribution in [-0.2, 0) is 42.9 Å². The van der Waals surface area contributed by atoms with Gasteiger partial charge in [-0.1, -0.05) is 27.7 Å². The van der Waals surface area contributed by atoms with E-state index >= 15 is 0 Å². The summed E-state index contributed by atoms with van der Waals surface area (Å²) >= 11 is 0. The van der Waals surface area contributed by atoms with Crippen molar-refractivity contribution in [1.29, 1.82) is 0 Å². The van der Waals surface area contributed by atoms with E-state index < -0.39 is 36.7 Å². The van der Waals surface area contributed by atoms with E-state index in [1.807, 2.05) is 27.7 Å². The van der Waals surface area contributed by atoms with Crippen molar-refractivity contribution in [2.24, 2.45) is 11.8 Å². The average Bonchev–Trinajstić information content (AvgIpc) is 2.57. The molecule has 156 valence electrons. The molecule has 0 fully saturated rings. The van der Waals surface area contributed by atoms with Crippen LogP contribution in [0, 0.1) is 11.8 Å². The van der Waals surface area contributed by atoms with E-state index in [2.05, 4.69) is 0 Å². The summed E-state index contributed by atoms with van der Waals surface area (Å²) in [5.74, 6) is -2.27. The first-order chi connectivity index (χ1) is 12.7. The number of carbonyl (C=O) groups excluding carboxylic acids is 4. The maximum atomic E-state index is 11.4. The van der Waals surface area contributed by atoms with Crippen LogP contribution >= 0.6 is 0 Å². The quantitative estimate of drug-likeness (QED) is 0.187. The topological polar surface area (TPSA) is 114 Å². The summed E-state index contributed by atoms with van der Waals surface area (Å²) in [5, 5.41) is 0. The number of ether oxygens (including phenoxy) is 5. The Labute approximate surface area is 159 Å². The number of hydrogen-bond donors (Lipinski definition) is 0. The van der Waals surface area contributed by atoms with Crippen LogP contribution in [0.5, 0.6) is 0 Å². The fourth-order valence-electron chi connectivity index (χ4n) is 1.49. The molecule has 0 amide bonds. The van der Waals surface area contributed by atoms with Crippen LogP contribution in [-0.4, -0.2) is 63.5 Å². The van der Waals surface area contributed by atoms with E-state index in [1.165, 1.54) is 0 Å². The van der Waals surface area contributed by atoms with E-state index in [-0.39, 0.29) is 51.5 Å². The summed E-state index contributed by atoms with van der Waals surface area (Å²) in [5.41, 5.74) is 0. The lowest BCUT2D eigenvalue weighted by atomic mass is 10.2. The Hall–Kier alpha value is -2.16. The summed E-state index contributed by atoms with van der Waals surface area (Å²) in [4.78, 5) is 45.4. The molecule has 0 aliphatic carbocycles. The van der Waals surface area contributed by atoms with Crippen LogP contribution in [0.2, 0.25) is 0 Å². The Morgan fingerprint density at radius 2 is 0.889 bits per heavy atom. The van der Waals surface area contributed by atoms with Crippen LogP contribution in [0.25, 0.3) is 0 Å². The maximum absolute atomic E-state index is 11.4. The van der Waals surface area contributed by atoms with Gasteiger partial charge in [0.1, 0.15) is 26.1 Å². The smallest absolute Gasteiger partial charge is 0.317 e. The molecule has 0 spiro atoms. The first-order valence-corrected chi connectivity index (χ1v) is 8.91. The van der Waals surface area contributed by atoms with Gasteiger partial charge in [-0.25, -0.2) is 0 Å². The van der Waals surface area contributed by atoms with E-state index in [4.69, 9.17) is 23.7 Å². The van der Waals surface area contributed by atoms with Gasteiger partial charge in [-0.2, -0.15) is 0 Å². The van der Waals surface area contributed by atoms with Crippen LogP contribution in [0.4, 0.5) is 0 Å². The largest absolute Gasteiger partial charge is 0.465 e. The molecule has 0 radical (unpaired) electrons. The Kier molecular flexibility index (Phi) is 13.8. The summed E-state index contributed by atoms with van der Waals surface area (Å²) in [6.45, 7) is 8.15. The second-order valence-corrected chi connectivity index (χ2v) is 6.56. The third-order valence-electron chi connectivity index (χ3n) is 2.71. The number of esters is 4. The third kappa shape index (κ3) is 17.0. The van der Waals surface area contributed by atoms with E-state index in [0.29, 0.717) is 0 Å². The molecule has 9 nitrogen and oxygen atoms in total. The molecular formula is C18H30O9. The Morgan fingerprint density at radius 3 is 1.22 bits per heavy atom. The van der Waals surface area contributed by atoms with Gasteiger partial charge in [0.15, 0.2) is 0 Å². The van der Waals surface area contributed by atoms with Gasteiger partial charge in [-0.3, -0.25) is 19.2 Å². The van der Waals surface area contributed by atoms with Gasteiger partial charge in [0.05, 0.1) is 26.4 Å². The highest BCUT2D eigenvalue weighted by atomic mass is 16.6. The number of rotatable bonds is 14. The molecule has 0 aliphatic heterocycles. The summed E-state index contributed by atoms with van der Waals surface area (Å²) in [6.07, 6.45) is -0.894. The molecule has 0 aromatic rings. The van der Waals surface area contributed by atoms with Crippen molar-refractivity contribution in [3.8, 4) is 0 Å². The molecule has 0 heterocycles. The lowest BCUT2D eigenvalue weighted by Crippen LogP contribution is -2.19. The third-order valence-corrected chi connectivity index (χ3v) is 2.71. The molecule has 0 bridgehead atoms. The van der Waals surface area contributed by atoms with E-state index in [0.717, 1.165) is 0 Å². The van der Waals surface area contributed by atoms with Gasteiger partial charge in [0.2, 0.25) is 0 Å². The minimum absolute atomic E-state index is 0.0359. The van der Waals surface area contributed by atoms with Crippen LogP contribution in [0.1, 0.15) is 40.5 Å². The molecule has 0 unspecified atom stereocenters. The molecule has 0 aromatic carbocycles. The molecule has 0 saturated carbocycles. The summed E-state index contributed by atoms with van der Waals surface area (Å²) in [7, 11) is 0. The normalized spacial score (nSPS) is 10.6. The van der Waals surface area contributed by atoms with Gasteiger partial charge in [-0.15, -0.1) is 0 Å². The van der Waals surface area contributed by atoms with Gasteiger partial charge >= 0.3 is 23.9 Å². The van der Waals surface area contributed by atoms with Gasteiger partial charge in [0, 0.05) is 0 Å². The Bertz CT molecular complexity index is 429.